The van der Waals surface area contributed by atoms with Gasteiger partial charge in [-0.15, -0.1) is 5.92 Å². The lowest BCUT2D eigenvalue weighted by atomic mass is 9.83. The fraction of sp³-hybridized carbons (Fsp3) is 0.381. The Labute approximate surface area is 134 Å². The van der Waals surface area contributed by atoms with E-state index in [1.807, 2.05) is 6.92 Å². The van der Waals surface area contributed by atoms with Crippen molar-refractivity contribution in [3.8, 4) is 11.8 Å². The van der Waals surface area contributed by atoms with Gasteiger partial charge in [0.05, 0.1) is 0 Å². The molecular weight excluding hydrogens is 268 g/mol. The summed E-state index contributed by atoms with van der Waals surface area (Å²) >= 11 is 0. The van der Waals surface area contributed by atoms with Crippen LogP contribution in [0.3, 0.4) is 0 Å². The average molecular weight is 292 g/mol. The molecule has 0 saturated heterocycles. The number of allylic oxidation sites excluding steroid dienone is 2. The Morgan fingerprint density at radius 1 is 1.27 bits per heavy atom. The molecule has 2 atom stereocenters. The van der Waals surface area contributed by atoms with Crippen LogP contribution in [-0.2, 0) is 4.79 Å². The minimum absolute atomic E-state index is 0.174. The Morgan fingerprint density at radius 3 is 2.36 bits per heavy atom. The highest BCUT2D eigenvalue weighted by atomic mass is 16.1. The number of aryl methyl sites for hydroxylation is 2. The molecule has 0 N–H and O–H groups in total. The van der Waals surface area contributed by atoms with Gasteiger partial charge in [-0.1, -0.05) is 30.2 Å². The smallest absolute Gasteiger partial charge is 0.130 e. The number of Topliss-reactive ketones (excluding diaryl/α,β-unsaturated/α-hetero) is 1. The van der Waals surface area contributed by atoms with Crippen LogP contribution in [0.15, 0.2) is 36.4 Å². The summed E-state index contributed by atoms with van der Waals surface area (Å²) in [5.41, 5.74) is 7.12. The van der Waals surface area contributed by atoms with Gasteiger partial charge in [0, 0.05) is 17.9 Å². The minimum atomic E-state index is 0.174. The van der Waals surface area contributed by atoms with Gasteiger partial charge < -0.3 is 4.79 Å². The lowest BCUT2D eigenvalue weighted by molar-refractivity contribution is -0.117. The maximum atomic E-state index is 11.5. The maximum absolute atomic E-state index is 11.5. The normalized spacial score (nSPS) is 20.7. The summed E-state index contributed by atoms with van der Waals surface area (Å²) in [6.45, 7) is 16.3. The molecule has 1 aromatic rings. The van der Waals surface area contributed by atoms with Crippen LogP contribution in [0.2, 0.25) is 0 Å². The van der Waals surface area contributed by atoms with Crippen LogP contribution in [-0.4, -0.2) is 5.78 Å². The molecule has 114 valence electrons. The SMILES string of the molecule is C=C1CC(CC(C)=O)C(=C)C1c1c(C)cc(C#CC)cc1C. The molecule has 1 saturated carbocycles. The van der Waals surface area contributed by atoms with Crippen molar-refractivity contribution in [2.45, 2.75) is 46.5 Å². The molecule has 2 unspecified atom stereocenters. The molecule has 1 nitrogen and oxygen atoms in total. The first-order chi connectivity index (χ1) is 10.3. The van der Waals surface area contributed by atoms with Gasteiger partial charge in [0.25, 0.3) is 0 Å². The second-order valence-corrected chi connectivity index (χ2v) is 6.37. The third-order valence-electron chi connectivity index (χ3n) is 4.50. The number of ketones is 1. The molecule has 1 aliphatic rings. The molecule has 1 aromatic carbocycles. The van der Waals surface area contributed by atoms with E-state index in [0.29, 0.717) is 6.42 Å². The predicted molar refractivity (Wildman–Crippen MR) is 92.9 cm³/mol. The lowest BCUT2D eigenvalue weighted by Crippen LogP contribution is -2.07. The Balaban J connectivity index is 2.43. The van der Waals surface area contributed by atoms with Gasteiger partial charge >= 0.3 is 0 Å². The predicted octanol–water partition coefficient (Wildman–Crippen LogP) is 4.87. The first-order valence-electron chi connectivity index (χ1n) is 7.74. The molecular formula is C21H24O. The second kappa shape index (κ2) is 6.36. The van der Waals surface area contributed by atoms with E-state index < -0.39 is 0 Å². The number of rotatable bonds is 3. The van der Waals surface area contributed by atoms with E-state index in [0.717, 1.165) is 17.6 Å². The molecule has 0 spiro atoms. The fourth-order valence-electron chi connectivity index (χ4n) is 3.65. The molecule has 0 aliphatic heterocycles. The molecule has 2 rings (SSSR count). The van der Waals surface area contributed by atoms with Crippen LogP contribution in [0, 0.1) is 31.6 Å². The number of carbonyl (C=O) groups is 1. The summed E-state index contributed by atoms with van der Waals surface area (Å²) < 4.78 is 0. The van der Waals surface area contributed by atoms with Crippen molar-refractivity contribution in [3.05, 3.63) is 58.7 Å². The van der Waals surface area contributed by atoms with Crippen LogP contribution in [0.25, 0.3) is 0 Å². The van der Waals surface area contributed by atoms with E-state index >= 15 is 0 Å². The summed E-state index contributed by atoms with van der Waals surface area (Å²) in [7, 11) is 0. The van der Waals surface area contributed by atoms with Gasteiger partial charge in [-0.2, -0.15) is 0 Å². The highest BCUT2D eigenvalue weighted by Gasteiger charge is 2.34. The Bertz CT molecular complexity index is 686. The maximum Gasteiger partial charge on any atom is 0.130 e. The molecule has 0 amide bonds. The second-order valence-electron chi connectivity index (χ2n) is 6.37. The first-order valence-corrected chi connectivity index (χ1v) is 7.74. The number of benzene rings is 1. The summed E-state index contributed by atoms with van der Waals surface area (Å²) in [6.07, 6.45) is 1.45. The summed E-state index contributed by atoms with van der Waals surface area (Å²) in [6, 6.07) is 4.27. The fourth-order valence-corrected chi connectivity index (χ4v) is 3.65. The van der Waals surface area contributed by atoms with Crippen LogP contribution < -0.4 is 0 Å². The molecule has 1 heteroatoms. The van der Waals surface area contributed by atoms with Gasteiger partial charge in [-0.3, -0.25) is 0 Å². The van der Waals surface area contributed by atoms with Crippen molar-refractivity contribution in [3.63, 3.8) is 0 Å². The topological polar surface area (TPSA) is 17.1 Å². The van der Waals surface area contributed by atoms with Crippen LogP contribution >= 0.6 is 0 Å². The van der Waals surface area contributed by atoms with Crippen LogP contribution in [0.1, 0.15) is 54.9 Å². The molecule has 22 heavy (non-hydrogen) atoms. The van der Waals surface area contributed by atoms with Crippen LogP contribution in [0.5, 0.6) is 0 Å². The molecule has 0 radical (unpaired) electrons. The largest absolute Gasteiger partial charge is 0.300 e. The van der Waals surface area contributed by atoms with Gasteiger partial charge in [-0.05, 0) is 68.9 Å². The standard InChI is InChI=1S/C21H24O/c1-7-8-18-9-13(2)20(14(3)10-18)21-15(4)11-19(17(21)6)12-16(5)22/h9-10,19,21H,4,6,11-12H2,1-3,5H3. The zero-order valence-electron chi connectivity index (χ0n) is 14.0. The summed E-state index contributed by atoms with van der Waals surface area (Å²) in [4.78, 5) is 11.5. The first kappa shape index (κ1) is 16.3. The van der Waals surface area contributed by atoms with Crippen molar-refractivity contribution >= 4 is 5.78 Å². The summed E-state index contributed by atoms with van der Waals surface area (Å²) in [5, 5.41) is 0. The minimum Gasteiger partial charge on any atom is -0.300 e. The van der Waals surface area contributed by atoms with E-state index in [-0.39, 0.29) is 17.6 Å². The molecule has 0 heterocycles. The zero-order valence-corrected chi connectivity index (χ0v) is 14.0. The third-order valence-corrected chi connectivity index (χ3v) is 4.50. The van der Waals surface area contributed by atoms with Gasteiger partial charge in [0.1, 0.15) is 5.78 Å². The van der Waals surface area contributed by atoms with Crippen molar-refractivity contribution < 1.29 is 4.79 Å². The average Bonchev–Trinajstić information content (AvgIpc) is 2.65. The van der Waals surface area contributed by atoms with E-state index in [1.165, 1.54) is 22.3 Å². The monoisotopic (exact) mass is 292 g/mol. The lowest BCUT2D eigenvalue weighted by Gasteiger charge is -2.21. The molecule has 0 aromatic heterocycles. The van der Waals surface area contributed by atoms with Crippen molar-refractivity contribution in [1.29, 1.82) is 0 Å². The van der Waals surface area contributed by atoms with E-state index in [1.54, 1.807) is 6.92 Å². The Hall–Kier alpha value is -2.07. The summed E-state index contributed by atoms with van der Waals surface area (Å²) in [5.74, 6) is 6.71. The zero-order chi connectivity index (χ0) is 16.4. The molecule has 0 bridgehead atoms. The Kier molecular flexibility index (Phi) is 4.71. The molecule has 1 aliphatic carbocycles. The highest BCUT2D eigenvalue weighted by Crippen LogP contribution is 2.48. The number of carbonyl (C=O) groups excluding carboxylic acids is 1. The molecule has 1 fully saturated rings. The quantitative estimate of drug-likeness (QED) is 0.574. The van der Waals surface area contributed by atoms with Crippen molar-refractivity contribution in [2.24, 2.45) is 5.92 Å². The van der Waals surface area contributed by atoms with E-state index in [9.17, 15) is 4.79 Å². The van der Waals surface area contributed by atoms with Gasteiger partial charge in [0.15, 0.2) is 0 Å². The van der Waals surface area contributed by atoms with Crippen molar-refractivity contribution in [2.75, 3.05) is 0 Å². The van der Waals surface area contributed by atoms with E-state index in [2.05, 4.69) is 51.0 Å². The van der Waals surface area contributed by atoms with Crippen molar-refractivity contribution in [1.82, 2.24) is 0 Å². The van der Waals surface area contributed by atoms with Gasteiger partial charge in [-0.25, -0.2) is 0 Å². The number of hydrogen-bond donors (Lipinski definition) is 0. The Morgan fingerprint density at radius 2 is 1.86 bits per heavy atom. The van der Waals surface area contributed by atoms with Gasteiger partial charge in [0.2, 0.25) is 0 Å². The third kappa shape index (κ3) is 3.07. The highest BCUT2D eigenvalue weighted by molar-refractivity contribution is 5.76. The number of hydrogen-bond acceptors (Lipinski definition) is 1. The van der Waals surface area contributed by atoms with E-state index in [4.69, 9.17) is 0 Å². The van der Waals surface area contributed by atoms with Crippen LogP contribution in [0.4, 0.5) is 0 Å².